The Hall–Kier alpha value is -3.52. The van der Waals surface area contributed by atoms with Crippen LogP contribution in [0.15, 0.2) is 59.4 Å². The van der Waals surface area contributed by atoms with Gasteiger partial charge in [0.25, 0.3) is 5.56 Å². The van der Waals surface area contributed by atoms with Crippen molar-refractivity contribution in [3.05, 3.63) is 75.4 Å². The Morgan fingerprint density at radius 3 is 2.69 bits per heavy atom. The molecule has 0 saturated heterocycles. The van der Waals surface area contributed by atoms with E-state index in [1.807, 2.05) is 30.3 Å². The third-order valence-electron chi connectivity index (χ3n) is 5.60. The van der Waals surface area contributed by atoms with E-state index in [-0.39, 0.29) is 18.0 Å². The topological polar surface area (TPSA) is 86.1 Å². The van der Waals surface area contributed by atoms with Gasteiger partial charge in [-0.3, -0.25) is 9.59 Å². The van der Waals surface area contributed by atoms with E-state index in [0.29, 0.717) is 27.6 Å². The first-order valence-corrected chi connectivity index (χ1v) is 11.4. The number of carbonyl (C=O) groups is 1. The highest BCUT2D eigenvalue weighted by Gasteiger charge is 2.24. The molecule has 2 aromatic heterocycles. The molecule has 162 valence electrons. The summed E-state index contributed by atoms with van der Waals surface area (Å²) in [5.41, 5.74) is 1.45. The van der Waals surface area contributed by atoms with Crippen molar-refractivity contribution in [3.8, 4) is 11.5 Å². The molecule has 0 saturated carbocycles. The molecule has 0 spiro atoms. The number of aromatic nitrogens is 3. The van der Waals surface area contributed by atoms with E-state index in [4.69, 9.17) is 4.74 Å². The molecular weight excluding hydrogens is 424 g/mol. The van der Waals surface area contributed by atoms with Crippen molar-refractivity contribution in [3.63, 3.8) is 0 Å². The van der Waals surface area contributed by atoms with Crippen molar-refractivity contribution >= 4 is 33.1 Å². The third-order valence-corrected chi connectivity index (χ3v) is 6.73. The first-order chi connectivity index (χ1) is 15.6. The smallest absolute Gasteiger partial charge is 0.279 e. The molecule has 1 aliphatic rings. The number of aryl methyl sites for hydroxylation is 1. The fourth-order valence-corrected chi connectivity index (χ4v) is 5.28. The zero-order valence-electron chi connectivity index (χ0n) is 17.6. The maximum Gasteiger partial charge on any atom is 0.279 e. The van der Waals surface area contributed by atoms with Gasteiger partial charge in [0, 0.05) is 10.6 Å². The van der Waals surface area contributed by atoms with Crippen molar-refractivity contribution < 1.29 is 9.53 Å². The first kappa shape index (κ1) is 20.4. The second-order valence-corrected chi connectivity index (χ2v) is 9.16. The highest BCUT2D eigenvalue weighted by molar-refractivity contribution is 7.18. The van der Waals surface area contributed by atoms with Gasteiger partial charge in [0.1, 0.15) is 18.0 Å². The minimum atomic E-state index is -0.338. The van der Waals surface area contributed by atoms with E-state index >= 15 is 0 Å². The fourth-order valence-electron chi connectivity index (χ4n) is 3.96. The van der Waals surface area contributed by atoms with Crippen molar-refractivity contribution in [2.45, 2.75) is 32.7 Å². The summed E-state index contributed by atoms with van der Waals surface area (Å²) in [4.78, 5) is 27.5. The molecule has 0 bridgehead atoms. The van der Waals surface area contributed by atoms with E-state index in [0.717, 1.165) is 35.3 Å². The van der Waals surface area contributed by atoms with E-state index in [2.05, 4.69) is 22.6 Å². The standard InChI is InChI=1S/C24H22N4O3S/c1-15-7-12-19-20(13-15)32-23-22(19)24(30)28(27-26-23)14-21(29)25-16-8-10-18(11-9-16)31-17-5-3-2-4-6-17/h2-6,8-11,15H,7,12-14H2,1H3,(H,25,29)/t15-/m1/s1. The molecule has 5 rings (SSSR count). The number of fused-ring (bicyclic) bond motifs is 3. The van der Waals surface area contributed by atoms with Gasteiger partial charge in [-0.2, -0.15) is 0 Å². The van der Waals surface area contributed by atoms with Crippen molar-refractivity contribution in [1.29, 1.82) is 0 Å². The summed E-state index contributed by atoms with van der Waals surface area (Å²) in [6.07, 6.45) is 2.91. The number of nitrogens with one attached hydrogen (secondary N) is 1. The minimum absolute atomic E-state index is 0.189. The number of hydrogen-bond donors (Lipinski definition) is 1. The van der Waals surface area contributed by atoms with Gasteiger partial charge in [-0.15, -0.1) is 16.4 Å². The summed E-state index contributed by atoms with van der Waals surface area (Å²) in [7, 11) is 0. The summed E-state index contributed by atoms with van der Waals surface area (Å²) in [6.45, 7) is 2.03. The van der Waals surface area contributed by atoms with Crippen LogP contribution in [-0.4, -0.2) is 20.9 Å². The SMILES string of the molecule is C[C@@H]1CCc2c(sc3nnn(CC(=O)Nc4ccc(Oc5ccccc5)cc4)c(=O)c23)C1. The molecule has 2 aromatic carbocycles. The van der Waals surface area contributed by atoms with Gasteiger partial charge < -0.3 is 10.1 Å². The van der Waals surface area contributed by atoms with Crippen LogP contribution in [0.1, 0.15) is 23.8 Å². The van der Waals surface area contributed by atoms with Crippen molar-refractivity contribution in [2.75, 3.05) is 5.32 Å². The maximum absolute atomic E-state index is 13.0. The number of nitrogens with zero attached hydrogens (tertiary/aromatic N) is 3. The number of thiophene rings is 1. The van der Waals surface area contributed by atoms with Crippen LogP contribution in [0.3, 0.4) is 0 Å². The molecule has 1 aliphatic carbocycles. The lowest BCUT2D eigenvalue weighted by molar-refractivity contribution is -0.117. The number of anilines is 1. The highest BCUT2D eigenvalue weighted by atomic mass is 32.1. The van der Waals surface area contributed by atoms with E-state index in [9.17, 15) is 9.59 Å². The Balaban J connectivity index is 1.29. The zero-order valence-corrected chi connectivity index (χ0v) is 18.4. The van der Waals surface area contributed by atoms with Gasteiger partial charge in [-0.05, 0) is 67.1 Å². The van der Waals surface area contributed by atoms with Crippen LogP contribution >= 0.6 is 11.3 Å². The molecule has 1 atom stereocenters. The molecule has 2 heterocycles. The molecule has 0 aliphatic heterocycles. The zero-order chi connectivity index (χ0) is 22.1. The average molecular weight is 447 g/mol. The number of ether oxygens (including phenoxy) is 1. The van der Waals surface area contributed by atoms with Crippen LogP contribution < -0.4 is 15.6 Å². The van der Waals surface area contributed by atoms with Gasteiger partial charge in [-0.25, -0.2) is 4.68 Å². The number of para-hydroxylation sites is 1. The van der Waals surface area contributed by atoms with E-state index in [1.165, 1.54) is 4.88 Å². The number of benzene rings is 2. The molecule has 4 aromatic rings. The van der Waals surface area contributed by atoms with Crippen LogP contribution in [0, 0.1) is 5.92 Å². The second-order valence-electron chi connectivity index (χ2n) is 8.07. The lowest BCUT2D eigenvalue weighted by Gasteiger charge is -2.17. The van der Waals surface area contributed by atoms with Crippen LogP contribution in [0.5, 0.6) is 11.5 Å². The van der Waals surface area contributed by atoms with Crippen LogP contribution in [0.25, 0.3) is 10.2 Å². The van der Waals surface area contributed by atoms with Crippen molar-refractivity contribution in [1.82, 2.24) is 15.0 Å². The maximum atomic E-state index is 13.0. The Morgan fingerprint density at radius 1 is 1.16 bits per heavy atom. The second kappa shape index (κ2) is 8.55. The summed E-state index contributed by atoms with van der Waals surface area (Å²) < 4.78 is 6.91. The van der Waals surface area contributed by atoms with Gasteiger partial charge in [-0.1, -0.05) is 30.3 Å². The van der Waals surface area contributed by atoms with Gasteiger partial charge in [0.05, 0.1) is 5.39 Å². The molecule has 8 heteroatoms. The monoisotopic (exact) mass is 446 g/mol. The minimum Gasteiger partial charge on any atom is -0.457 e. The molecular formula is C24H22N4O3S. The van der Waals surface area contributed by atoms with Crippen LogP contribution in [0.2, 0.25) is 0 Å². The Kier molecular flexibility index (Phi) is 5.45. The molecule has 0 fully saturated rings. The summed E-state index contributed by atoms with van der Waals surface area (Å²) >= 11 is 1.55. The fraction of sp³-hybridized carbons (Fsp3) is 0.250. The van der Waals surface area contributed by atoms with Crippen LogP contribution in [0.4, 0.5) is 5.69 Å². The molecule has 7 nitrogen and oxygen atoms in total. The Morgan fingerprint density at radius 2 is 1.91 bits per heavy atom. The number of rotatable bonds is 5. The van der Waals surface area contributed by atoms with Crippen molar-refractivity contribution in [2.24, 2.45) is 5.92 Å². The molecule has 0 unspecified atom stereocenters. The highest BCUT2D eigenvalue weighted by Crippen LogP contribution is 2.35. The van der Waals surface area contributed by atoms with E-state index < -0.39 is 0 Å². The largest absolute Gasteiger partial charge is 0.457 e. The van der Waals surface area contributed by atoms with Gasteiger partial charge in [0.2, 0.25) is 5.91 Å². The average Bonchev–Trinajstić information content (AvgIpc) is 3.16. The van der Waals surface area contributed by atoms with E-state index in [1.54, 1.807) is 35.6 Å². The quantitative estimate of drug-likeness (QED) is 0.491. The Bertz CT molecular complexity index is 1330. The summed E-state index contributed by atoms with van der Waals surface area (Å²) in [5.74, 6) is 1.68. The number of carbonyl (C=O) groups excluding carboxylic acids is 1. The van der Waals surface area contributed by atoms with Gasteiger partial charge in [0.15, 0.2) is 4.83 Å². The molecule has 1 amide bonds. The number of hydrogen-bond acceptors (Lipinski definition) is 6. The normalized spacial score (nSPS) is 15.3. The molecule has 1 N–H and O–H groups in total. The van der Waals surface area contributed by atoms with Crippen LogP contribution in [-0.2, 0) is 24.2 Å². The van der Waals surface area contributed by atoms with Gasteiger partial charge >= 0.3 is 0 Å². The lowest BCUT2D eigenvalue weighted by atomic mass is 9.89. The Labute approximate surface area is 188 Å². The molecule has 32 heavy (non-hydrogen) atoms. The predicted molar refractivity (Wildman–Crippen MR) is 124 cm³/mol. The number of amides is 1. The molecule has 0 radical (unpaired) electrons. The summed E-state index contributed by atoms with van der Waals surface area (Å²) in [6, 6.07) is 16.5. The third kappa shape index (κ3) is 4.13. The first-order valence-electron chi connectivity index (χ1n) is 10.6. The summed E-state index contributed by atoms with van der Waals surface area (Å²) in [5, 5.41) is 11.6. The lowest BCUT2D eigenvalue weighted by Crippen LogP contribution is -2.30. The predicted octanol–water partition coefficient (Wildman–Crippen LogP) is 4.41.